The standard InChI is InChI=1S/C13H20.H3NS/c1-10(2)11-6-8-12(9-7-11)13(3,4)5;1-2/h6-10H,1-5H3;2H,1H2. The molecule has 2 N–H and O–H groups in total. The molecule has 15 heavy (non-hydrogen) atoms. The number of hydrogen-bond acceptors (Lipinski definition) is 2. The Hall–Kier alpha value is -0.470. The maximum atomic E-state index is 4.19. The van der Waals surface area contributed by atoms with E-state index in [1.54, 1.807) is 0 Å². The summed E-state index contributed by atoms with van der Waals surface area (Å²) in [5, 5.41) is 4.19. The van der Waals surface area contributed by atoms with Crippen LogP contribution in [-0.2, 0) is 5.41 Å². The van der Waals surface area contributed by atoms with Gasteiger partial charge in [-0.1, -0.05) is 58.9 Å². The Labute approximate surface area is 99.6 Å². The molecule has 0 aliphatic rings. The van der Waals surface area contributed by atoms with Crippen LogP contribution in [0.4, 0.5) is 0 Å². The lowest BCUT2D eigenvalue weighted by Gasteiger charge is -2.19. The second-order valence-electron chi connectivity index (χ2n) is 5.03. The average Bonchev–Trinajstić information content (AvgIpc) is 2.20. The Bertz CT molecular complexity index is 270. The first-order valence-electron chi connectivity index (χ1n) is 5.27. The van der Waals surface area contributed by atoms with Crippen LogP contribution in [0.2, 0.25) is 0 Å². The molecule has 0 aromatic heterocycles. The molecule has 1 rings (SSSR count). The first kappa shape index (κ1) is 14.5. The molecule has 0 atom stereocenters. The second-order valence-corrected chi connectivity index (χ2v) is 5.03. The molecular formula is C13H23NS. The quantitative estimate of drug-likeness (QED) is 0.697. The first-order valence-corrected chi connectivity index (χ1v) is 5.79. The average molecular weight is 225 g/mol. The molecule has 0 radical (unpaired) electrons. The summed E-state index contributed by atoms with van der Waals surface area (Å²) in [5.74, 6) is 0.633. The largest absolute Gasteiger partial charge is 0.281 e. The SMILES string of the molecule is CC(C)c1ccc(C(C)(C)C)cc1.NS. The zero-order valence-corrected chi connectivity index (χ0v) is 11.3. The number of hydrogen-bond donors (Lipinski definition) is 2. The van der Waals surface area contributed by atoms with E-state index in [-0.39, 0.29) is 5.41 Å². The van der Waals surface area contributed by atoms with Crippen LogP contribution in [0, 0.1) is 0 Å². The van der Waals surface area contributed by atoms with Crippen LogP contribution >= 0.6 is 12.8 Å². The van der Waals surface area contributed by atoms with Crippen molar-refractivity contribution in [2.75, 3.05) is 0 Å². The Morgan fingerprint density at radius 1 is 1.00 bits per heavy atom. The molecule has 0 aliphatic carbocycles. The third-order valence-corrected chi connectivity index (χ3v) is 2.44. The van der Waals surface area contributed by atoms with Gasteiger partial charge in [0.1, 0.15) is 0 Å². The number of thiol groups is 1. The van der Waals surface area contributed by atoms with Crippen LogP contribution in [0.15, 0.2) is 24.3 Å². The second kappa shape index (κ2) is 6.19. The predicted octanol–water partition coefficient (Wildman–Crippen LogP) is 3.90. The lowest BCUT2D eigenvalue weighted by atomic mass is 9.86. The summed E-state index contributed by atoms with van der Waals surface area (Å²) in [6.45, 7) is 11.2. The molecule has 0 saturated carbocycles. The van der Waals surface area contributed by atoms with E-state index in [1.165, 1.54) is 11.1 Å². The highest BCUT2D eigenvalue weighted by atomic mass is 32.1. The molecule has 1 aromatic rings. The van der Waals surface area contributed by atoms with Crippen molar-refractivity contribution in [3.8, 4) is 0 Å². The third kappa shape index (κ3) is 4.72. The Kier molecular flexibility index (Phi) is 5.99. The minimum Gasteiger partial charge on any atom is -0.281 e. The molecule has 0 aliphatic heterocycles. The van der Waals surface area contributed by atoms with Crippen LogP contribution in [-0.4, -0.2) is 0 Å². The van der Waals surface area contributed by atoms with Crippen LogP contribution in [0.5, 0.6) is 0 Å². The molecule has 1 aromatic carbocycles. The fourth-order valence-electron chi connectivity index (χ4n) is 1.37. The van der Waals surface area contributed by atoms with Gasteiger partial charge in [-0.25, -0.2) is 0 Å². The van der Waals surface area contributed by atoms with Crippen molar-refractivity contribution in [3.63, 3.8) is 0 Å². The first-order chi connectivity index (χ1) is 6.91. The van der Waals surface area contributed by atoms with Gasteiger partial charge in [0.2, 0.25) is 0 Å². The molecule has 2 heteroatoms. The van der Waals surface area contributed by atoms with Gasteiger partial charge in [-0.2, -0.15) is 0 Å². The van der Waals surface area contributed by atoms with Crippen LogP contribution in [0.25, 0.3) is 0 Å². The molecule has 0 heterocycles. The summed E-state index contributed by atoms with van der Waals surface area (Å²) in [6, 6.07) is 8.97. The van der Waals surface area contributed by atoms with Crippen molar-refractivity contribution in [3.05, 3.63) is 35.4 Å². The van der Waals surface area contributed by atoms with E-state index < -0.39 is 0 Å². The predicted molar refractivity (Wildman–Crippen MR) is 72.4 cm³/mol. The normalized spacial score (nSPS) is 10.9. The van der Waals surface area contributed by atoms with Crippen molar-refractivity contribution < 1.29 is 0 Å². The number of rotatable bonds is 1. The molecule has 86 valence electrons. The van der Waals surface area contributed by atoms with Gasteiger partial charge < -0.3 is 0 Å². The van der Waals surface area contributed by atoms with Crippen LogP contribution in [0.3, 0.4) is 0 Å². The van der Waals surface area contributed by atoms with E-state index in [2.05, 4.69) is 76.8 Å². The highest BCUT2D eigenvalue weighted by molar-refractivity contribution is 7.77. The van der Waals surface area contributed by atoms with Gasteiger partial charge in [0.05, 0.1) is 0 Å². The van der Waals surface area contributed by atoms with Gasteiger partial charge in [0.25, 0.3) is 0 Å². The maximum Gasteiger partial charge on any atom is -0.0132 e. The highest BCUT2D eigenvalue weighted by Crippen LogP contribution is 2.24. The van der Waals surface area contributed by atoms with E-state index in [9.17, 15) is 0 Å². The van der Waals surface area contributed by atoms with Gasteiger partial charge in [-0.15, -0.1) is 12.8 Å². The summed E-state index contributed by atoms with van der Waals surface area (Å²) in [7, 11) is 0. The summed E-state index contributed by atoms with van der Waals surface area (Å²) in [5.41, 5.74) is 3.11. The van der Waals surface area contributed by atoms with Crippen molar-refractivity contribution in [1.29, 1.82) is 0 Å². The monoisotopic (exact) mass is 225 g/mol. The minimum atomic E-state index is 0.273. The Balaban J connectivity index is 0.000000921. The van der Waals surface area contributed by atoms with Crippen molar-refractivity contribution in [1.82, 2.24) is 0 Å². The maximum absolute atomic E-state index is 4.19. The molecule has 0 amide bonds. The van der Waals surface area contributed by atoms with Crippen LogP contribution in [0.1, 0.15) is 51.7 Å². The summed E-state index contributed by atoms with van der Waals surface area (Å²) >= 11 is 3.03. The fraction of sp³-hybridized carbons (Fsp3) is 0.538. The van der Waals surface area contributed by atoms with Crippen molar-refractivity contribution in [2.45, 2.75) is 46.0 Å². The van der Waals surface area contributed by atoms with Crippen molar-refractivity contribution in [2.24, 2.45) is 5.14 Å². The van der Waals surface area contributed by atoms with E-state index in [1.807, 2.05) is 0 Å². The summed E-state index contributed by atoms with van der Waals surface area (Å²) in [4.78, 5) is 0. The van der Waals surface area contributed by atoms with E-state index in [0.29, 0.717) is 5.92 Å². The van der Waals surface area contributed by atoms with Crippen LogP contribution < -0.4 is 5.14 Å². The van der Waals surface area contributed by atoms with Gasteiger partial charge in [-0.05, 0) is 22.5 Å². The number of benzene rings is 1. The Morgan fingerprint density at radius 3 is 1.67 bits per heavy atom. The lowest BCUT2D eigenvalue weighted by Crippen LogP contribution is -2.10. The number of nitrogens with two attached hydrogens (primary N) is 1. The van der Waals surface area contributed by atoms with Gasteiger partial charge in [0, 0.05) is 0 Å². The third-order valence-electron chi connectivity index (χ3n) is 2.44. The zero-order chi connectivity index (χ0) is 12.1. The van der Waals surface area contributed by atoms with Gasteiger partial charge in [0.15, 0.2) is 0 Å². The van der Waals surface area contributed by atoms with Crippen molar-refractivity contribution >= 4 is 12.8 Å². The molecule has 0 saturated heterocycles. The molecule has 0 spiro atoms. The minimum absolute atomic E-state index is 0.273. The van der Waals surface area contributed by atoms with Gasteiger partial charge >= 0.3 is 0 Å². The smallest absolute Gasteiger partial charge is 0.0132 e. The molecule has 1 nitrogen and oxygen atoms in total. The molecule has 0 fully saturated rings. The van der Waals surface area contributed by atoms with E-state index in [4.69, 9.17) is 0 Å². The zero-order valence-electron chi connectivity index (χ0n) is 10.4. The Morgan fingerprint density at radius 2 is 1.40 bits per heavy atom. The molecule has 0 unspecified atom stereocenters. The topological polar surface area (TPSA) is 26.0 Å². The lowest BCUT2D eigenvalue weighted by molar-refractivity contribution is 0.589. The molecule has 0 bridgehead atoms. The fourth-order valence-corrected chi connectivity index (χ4v) is 1.37. The van der Waals surface area contributed by atoms with Gasteiger partial charge in [-0.3, -0.25) is 5.14 Å². The summed E-state index contributed by atoms with van der Waals surface area (Å²) < 4.78 is 0. The summed E-state index contributed by atoms with van der Waals surface area (Å²) in [6.07, 6.45) is 0. The highest BCUT2D eigenvalue weighted by Gasteiger charge is 2.12. The molecular weight excluding hydrogens is 202 g/mol. The van der Waals surface area contributed by atoms with E-state index >= 15 is 0 Å². The van der Waals surface area contributed by atoms with E-state index in [0.717, 1.165) is 0 Å².